The molecule has 0 bridgehead atoms. The van der Waals surface area contributed by atoms with Crippen LogP contribution in [0.1, 0.15) is 5.56 Å². The van der Waals surface area contributed by atoms with Crippen LogP contribution in [0.2, 0.25) is 0 Å². The van der Waals surface area contributed by atoms with Crippen molar-refractivity contribution in [1.82, 2.24) is 0 Å². The van der Waals surface area contributed by atoms with E-state index in [1.807, 2.05) is 61.1 Å². The van der Waals surface area contributed by atoms with Gasteiger partial charge in [-0.1, -0.05) is 24.3 Å². The van der Waals surface area contributed by atoms with E-state index in [2.05, 4.69) is 40.7 Å². The molecule has 2 rings (SSSR count). The molecular weight excluding hydrogens is 453 g/mol. The predicted octanol–water partition coefficient (Wildman–Crippen LogP) is 5.99. The summed E-state index contributed by atoms with van der Waals surface area (Å²) < 4.78 is 79.5. The van der Waals surface area contributed by atoms with Gasteiger partial charge in [-0.3, -0.25) is 0 Å². The summed E-state index contributed by atoms with van der Waals surface area (Å²) in [4.78, 5) is 0. The first kappa shape index (κ1) is 30.8. The van der Waals surface area contributed by atoms with Crippen molar-refractivity contribution >= 4 is 12.4 Å². The molecule has 11 heteroatoms. The van der Waals surface area contributed by atoms with Gasteiger partial charge in [-0.2, -0.15) is 0 Å². The molecular formula is C17H13F6FeO3P. The van der Waals surface area contributed by atoms with E-state index in [1.165, 1.54) is 0 Å². The zero-order valence-corrected chi connectivity index (χ0v) is 16.1. The predicted molar refractivity (Wildman–Crippen MR) is 89.3 cm³/mol. The Kier molecular flexibility index (Phi) is 15.6. The van der Waals surface area contributed by atoms with E-state index in [0.29, 0.717) is 4.60 Å². The number of hydrogen-bond donors (Lipinski definition) is 0. The first-order chi connectivity index (χ1) is 12.8. The van der Waals surface area contributed by atoms with Crippen molar-refractivity contribution in [3.63, 3.8) is 0 Å². The maximum atomic E-state index is 9.87. The Hall–Kier alpha value is -1.90. The Morgan fingerprint density at radius 2 is 1.29 bits per heavy atom. The second-order valence-electron chi connectivity index (χ2n) is 4.00. The van der Waals surface area contributed by atoms with Crippen molar-refractivity contribution in [2.75, 3.05) is 7.11 Å². The van der Waals surface area contributed by atoms with Gasteiger partial charge in [-0.25, -0.2) is 0 Å². The van der Waals surface area contributed by atoms with Crippen LogP contribution in [0.3, 0.4) is 0 Å². The molecule has 3 nitrogen and oxygen atoms in total. The first-order valence-electron chi connectivity index (χ1n) is 6.54. The molecule has 28 heavy (non-hydrogen) atoms. The van der Waals surface area contributed by atoms with Gasteiger partial charge in [0, 0.05) is 6.42 Å². The smallest absolute Gasteiger partial charge is 0.00506 e. The minimum absolute atomic E-state index is 0.485. The Morgan fingerprint density at radius 1 is 0.893 bits per heavy atom. The number of ether oxygens (including phenoxy) is 1. The molecule has 1 aromatic rings. The summed E-state index contributed by atoms with van der Waals surface area (Å²) in [5.74, 6) is 5.70. The summed E-state index contributed by atoms with van der Waals surface area (Å²) in [6.45, 7) is 9.00. The zero-order chi connectivity index (χ0) is 22.8. The van der Waals surface area contributed by atoms with E-state index in [-0.39, 0.29) is 0 Å². The van der Waals surface area contributed by atoms with Crippen molar-refractivity contribution in [3.8, 4) is 11.8 Å². The minimum Gasteiger partial charge on any atom is -0.0767 e. The number of halogens is 6. The fraction of sp³-hybridized carbons (Fsp3) is 0.0588. The molecule has 0 spiro atoms. The van der Waals surface area contributed by atoms with E-state index in [4.69, 9.17) is 14.0 Å². The van der Waals surface area contributed by atoms with Crippen molar-refractivity contribution in [3.05, 3.63) is 79.9 Å². The maximum absolute atomic E-state index is 10.7. The average Bonchev–Trinajstić information content (AvgIpc) is 3.21. The minimum atomic E-state index is -10.7. The van der Waals surface area contributed by atoms with Crippen LogP contribution >= 0.6 is 7.81 Å². The van der Waals surface area contributed by atoms with Gasteiger partial charge in [0.25, 0.3) is 0 Å². The van der Waals surface area contributed by atoms with Crippen molar-refractivity contribution < 1.29 is 54.8 Å². The van der Waals surface area contributed by atoms with E-state index < -0.39 is 7.81 Å². The maximum Gasteiger partial charge on any atom is 0.00506 e. The number of rotatable bonds is 1. The molecule has 0 aromatic heterocycles. The second kappa shape index (κ2) is 14.1. The van der Waals surface area contributed by atoms with E-state index in [1.54, 1.807) is 7.11 Å². The van der Waals surface area contributed by atoms with Gasteiger partial charge in [-0.15, -0.1) is 0 Å². The van der Waals surface area contributed by atoms with Crippen LogP contribution in [0.15, 0.2) is 54.6 Å². The molecule has 1 aromatic carbocycles. The van der Waals surface area contributed by atoms with Gasteiger partial charge in [0.15, 0.2) is 0 Å². The van der Waals surface area contributed by atoms with Crippen molar-refractivity contribution in [2.24, 2.45) is 0 Å². The van der Waals surface area contributed by atoms with Crippen LogP contribution in [0.5, 0.6) is 0 Å². The molecule has 1 radical (unpaired) electrons. The van der Waals surface area contributed by atoms with Gasteiger partial charge in [0.2, 0.25) is 0 Å². The summed E-state index contributed by atoms with van der Waals surface area (Å²) in [6, 6.07) is 9.72. The van der Waals surface area contributed by atoms with E-state index in [9.17, 15) is 25.2 Å². The third-order valence-electron chi connectivity index (χ3n) is 1.81. The molecule has 0 heterocycles. The van der Waals surface area contributed by atoms with E-state index >= 15 is 0 Å². The molecule has 0 N–H and O–H groups in total. The Bertz CT molecular complexity index is 715. The summed E-state index contributed by atoms with van der Waals surface area (Å²) in [7, 11) is -9.10. The molecule has 0 saturated heterocycles. The van der Waals surface area contributed by atoms with Crippen LogP contribution < -0.4 is 0 Å². The molecule has 1 aliphatic rings. The SMILES string of the molecule is CO[C](=[Fe+])C#Cc1ccccc1.F[P-](F)(F)(F)(F)F.[C-]#[O+].[C-]#[O+].[CH]1C=CC=C1. The van der Waals surface area contributed by atoms with Gasteiger partial charge < -0.3 is 0 Å². The van der Waals surface area contributed by atoms with Crippen LogP contribution in [0.4, 0.5) is 25.2 Å². The number of allylic oxidation sites excluding steroid dienone is 4. The molecule has 0 fully saturated rings. The largest absolute Gasteiger partial charge is 0.0767 e. The number of hydrogen-bond acceptors (Lipinski definition) is 1. The van der Waals surface area contributed by atoms with Crippen molar-refractivity contribution in [1.29, 1.82) is 0 Å². The first-order valence-corrected chi connectivity index (χ1v) is 9.12. The number of methoxy groups -OCH3 is 1. The quantitative estimate of drug-likeness (QED) is 0.125. The fourth-order valence-electron chi connectivity index (χ4n) is 1.01. The van der Waals surface area contributed by atoms with Crippen LogP contribution in [-0.2, 0) is 29.6 Å². The summed E-state index contributed by atoms with van der Waals surface area (Å²) >= 11 is 3.59. The molecule has 1 aliphatic carbocycles. The molecule has 0 atom stereocenters. The van der Waals surface area contributed by atoms with Crippen LogP contribution in [0.25, 0.3) is 0 Å². The fourth-order valence-corrected chi connectivity index (χ4v) is 1.08. The molecule has 0 amide bonds. The van der Waals surface area contributed by atoms with E-state index in [0.717, 1.165) is 5.56 Å². The normalized spacial score (nSPS) is 12.7. The standard InChI is InChI=1S/C10H8O.C5H5.2CO.F6P.Fe/c1-11-9-5-8-10-6-3-2-4-7-10;1-2-4-5-3-1;2*1-2;1-7(2,3,4,5)6;/h2-4,6-7H,1H3;1-5H;;;;/q;;;;-1;+1. The van der Waals surface area contributed by atoms with Gasteiger partial charge in [-0.05, 0) is 0 Å². The Labute approximate surface area is 166 Å². The number of benzene rings is 1. The van der Waals surface area contributed by atoms with Gasteiger partial charge in [0.1, 0.15) is 0 Å². The Balaban J connectivity index is -0.000000333. The summed E-state index contributed by atoms with van der Waals surface area (Å²) in [5, 5.41) is 0. The average molecular weight is 466 g/mol. The third kappa shape index (κ3) is 39.3. The molecule has 0 aliphatic heterocycles. The second-order valence-corrected chi connectivity index (χ2v) is 6.42. The monoisotopic (exact) mass is 466 g/mol. The zero-order valence-electron chi connectivity index (χ0n) is 14.1. The molecule has 0 saturated carbocycles. The summed E-state index contributed by atoms with van der Waals surface area (Å²) in [6.07, 6.45) is 10.0. The Morgan fingerprint density at radius 3 is 1.57 bits per heavy atom. The third-order valence-corrected chi connectivity index (χ3v) is 2.17. The molecule has 154 valence electrons. The van der Waals surface area contributed by atoms with Crippen LogP contribution in [-0.4, -0.2) is 11.7 Å². The van der Waals surface area contributed by atoms with Crippen molar-refractivity contribution in [2.45, 2.75) is 0 Å². The molecule has 0 unspecified atom stereocenters. The van der Waals surface area contributed by atoms with Gasteiger partial charge in [0.05, 0.1) is 0 Å². The van der Waals surface area contributed by atoms with Crippen LogP contribution in [0, 0.1) is 31.6 Å². The summed E-state index contributed by atoms with van der Waals surface area (Å²) in [5.41, 5.74) is 0.968. The topological polar surface area (TPSA) is 49.0 Å². The van der Waals surface area contributed by atoms with Gasteiger partial charge >= 0.3 is 135 Å².